The molecule has 0 spiro atoms. The first kappa shape index (κ1) is 18.4. The van der Waals surface area contributed by atoms with Crippen molar-refractivity contribution in [1.29, 1.82) is 0 Å². The van der Waals surface area contributed by atoms with Crippen molar-refractivity contribution in [3.63, 3.8) is 0 Å². The van der Waals surface area contributed by atoms with Gasteiger partial charge in [-0.05, 0) is 55.2 Å². The minimum atomic E-state index is 0.0450. The van der Waals surface area contributed by atoms with Crippen molar-refractivity contribution in [1.82, 2.24) is 9.88 Å². The normalized spacial score (nSPS) is 16.7. The van der Waals surface area contributed by atoms with Gasteiger partial charge in [0.15, 0.2) is 0 Å². The molecule has 2 heterocycles. The minimum absolute atomic E-state index is 0.0450. The second-order valence-corrected chi connectivity index (χ2v) is 6.64. The minimum Gasteiger partial charge on any atom is -0.497 e. The third-order valence-electron chi connectivity index (χ3n) is 4.81. The van der Waals surface area contributed by atoms with Crippen LogP contribution in [0.15, 0.2) is 36.4 Å². The van der Waals surface area contributed by atoms with Crippen LogP contribution in [0.25, 0.3) is 11.1 Å². The van der Waals surface area contributed by atoms with Gasteiger partial charge in [-0.15, -0.1) is 0 Å². The number of amides is 1. The van der Waals surface area contributed by atoms with Crippen LogP contribution in [-0.4, -0.2) is 43.2 Å². The number of hydrogen-bond acceptors (Lipinski definition) is 4. The highest BCUT2D eigenvalue weighted by Gasteiger charge is 2.30. The highest BCUT2D eigenvalue weighted by Crippen LogP contribution is 2.34. The lowest BCUT2D eigenvalue weighted by Crippen LogP contribution is -2.31. The van der Waals surface area contributed by atoms with E-state index in [9.17, 15) is 4.79 Å². The molecule has 0 unspecified atom stereocenters. The van der Waals surface area contributed by atoms with Gasteiger partial charge in [-0.25, -0.2) is 0 Å². The zero-order valence-corrected chi connectivity index (χ0v) is 15.7. The highest BCUT2D eigenvalue weighted by molar-refractivity contribution is 5.77. The Morgan fingerprint density at radius 2 is 2.08 bits per heavy atom. The maximum absolute atomic E-state index is 12.5. The largest absolute Gasteiger partial charge is 0.497 e. The molecule has 1 fully saturated rings. The Morgan fingerprint density at radius 3 is 2.85 bits per heavy atom. The van der Waals surface area contributed by atoms with E-state index in [0.29, 0.717) is 13.0 Å². The maximum atomic E-state index is 12.5. The first-order valence-corrected chi connectivity index (χ1v) is 9.04. The van der Waals surface area contributed by atoms with E-state index in [1.54, 1.807) is 14.2 Å². The van der Waals surface area contributed by atoms with Crippen LogP contribution in [0.3, 0.4) is 0 Å². The zero-order valence-electron chi connectivity index (χ0n) is 15.7. The van der Waals surface area contributed by atoms with E-state index in [-0.39, 0.29) is 11.9 Å². The molecule has 1 aliphatic heterocycles. The summed E-state index contributed by atoms with van der Waals surface area (Å²) < 4.78 is 10.4. The van der Waals surface area contributed by atoms with Gasteiger partial charge < -0.3 is 14.4 Å². The van der Waals surface area contributed by atoms with Gasteiger partial charge in [0.05, 0.1) is 31.9 Å². The monoisotopic (exact) mass is 354 g/mol. The molecule has 1 atom stereocenters. The molecule has 5 nitrogen and oxygen atoms in total. The van der Waals surface area contributed by atoms with Crippen LogP contribution in [0, 0.1) is 6.92 Å². The van der Waals surface area contributed by atoms with Gasteiger partial charge in [-0.2, -0.15) is 0 Å². The van der Waals surface area contributed by atoms with Crippen molar-refractivity contribution in [3.05, 3.63) is 47.8 Å². The van der Waals surface area contributed by atoms with Crippen LogP contribution in [0.4, 0.5) is 0 Å². The molecular formula is C21H26N2O3. The number of hydrogen-bond donors (Lipinski definition) is 0. The first-order valence-electron chi connectivity index (χ1n) is 9.04. The Kier molecular flexibility index (Phi) is 5.89. The molecule has 0 aliphatic carbocycles. The third-order valence-corrected chi connectivity index (χ3v) is 4.81. The molecule has 1 aromatic carbocycles. The Bertz CT molecular complexity index is 776. The molecule has 138 valence electrons. The Labute approximate surface area is 155 Å². The first-order chi connectivity index (χ1) is 12.6. The lowest BCUT2D eigenvalue weighted by atomic mass is 10.0. The predicted octanol–water partition coefficient (Wildman–Crippen LogP) is 3.77. The van der Waals surface area contributed by atoms with Crippen molar-refractivity contribution >= 4 is 5.91 Å². The smallest absolute Gasteiger partial charge is 0.225 e. The average molecular weight is 354 g/mol. The lowest BCUT2D eigenvalue weighted by Gasteiger charge is -2.25. The number of carbonyl (C=O) groups excluding carboxylic acids is 1. The fraction of sp³-hybridized carbons (Fsp3) is 0.429. The number of rotatable bonds is 6. The molecule has 0 saturated carbocycles. The summed E-state index contributed by atoms with van der Waals surface area (Å²) in [6, 6.07) is 12.2. The summed E-state index contributed by atoms with van der Waals surface area (Å²) in [5, 5.41) is 0. The van der Waals surface area contributed by atoms with Crippen molar-refractivity contribution in [2.24, 2.45) is 0 Å². The van der Waals surface area contributed by atoms with Gasteiger partial charge in [0.1, 0.15) is 5.75 Å². The van der Waals surface area contributed by atoms with E-state index >= 15 is 0 Å². The summed E-state index contributed by atoms with van der Waals surface area (Å²) in [5.41, 5.74) is 4.11. The van der Waals surface area contributed by atoms with E-state index in [0.717, 1.165) is 47.7 Å². The van der Waals surface area contributed by atoms with Crippen LogP contribution in [0.1, 0.15) is 36.7 Å². The molecule has 1 aromatic heterocycles. The molecule has 1 amide bonds. The number of benzene rings is 1. The second-order valence-electron chi connectivity index (χ2n) is 6.64. The average Bonchev–Trinajstić information content (AvgIpc) is 3.15. The van der Waals surface area contributed by atoms with Gasteiger partial charge >= 0.3 is 0 Å². The summed E-state index contributed by atoms with van der Waals surface area (Å²) in [4.78, 5) is 19.2. The highest BCUT2D eigenvalue weighted by atomic mass is 16.5. The molecule has 3 rings (SSSR count). The van der Waals surface area contributed by atoms with Crippen LogP contribution < -0.4 is 4.74 Å². The maximum Gasteiger partial charge on any atom is 0.225 e. The summed E-state index contributed by atoms with van der Waals surface area (Å²) >= 11 is 0. The van der Waals surface area contributed by atoms with E-state index in [1.807, 2.05) is 30.0 Å². The van der Waals surface area contributed by atoms with Crippen molar-refractivity contribution < 1.29 is 14.3 Å². The summed E-state index contributed by atoms with van der Waals surface area (Å²) in [5.74, 6) is 0.969. The molecule has 0 radical (unpaired) electrons. The van der Waals surface area contributed by atoms with Crippen molar-refractivity contribution in [2.45, 2.75) is 32.2 Å². The summed E-state index contributed by atoms with van der Waals surface area (Å²) in [6.07, 6.45) is 2.38. The van der Waals surface area contributed by atoms with Crippen LogP contribution >= 0.6 is 0 Å². The second kappa shape index (κ2) is 8.32. The Balaban J connectivity index is 1.90. The van der Waals surface area contributed by atoms with Crippen LogP contribution in [0.2, 0.25) is 0 Å². The van der Waals surface area contributed by atoms with Gasteiger partial charge in [0.2, 0.25) is 5.91 Å². The number of ether oxygens (including phenoxy) is 2. The topological polar surface area (TPSA) is 51.7 Å². The number of nitrogens with zero attached hydrogens (tertiary/aromatic N) is 2. The molecule has 2 aromatic rings. The summed E-state index contributed by atoms with van der Waals surface area (Å²) in [6.45, 7) is 3.24. The quantitative estimate of drug-likeness (QED) is 0.792. The van der Waals surface area contributed by atoms with Crippen molar-refractivity contribution in [3.8, 4) is 16.9 Å². The van der Waals surface area contributed by atoms with Crippen LogP contribution in [0.5, 0.6) is 5.75 Å². The fourth-order valence-electron chi connectivity index (χ4n) is 3.54. The van der Waals surface area contributed by atoms with Gasteiger partial charge in [0, 0.05) is 19.3 Å². The molecule has 1 aliphatic rings. The standard InChI is InChI=1S/C21H26N2O3/c1-15-12-17(16-6-4-7-18(13-16)26-3)14-19(22-15)20-8-5-10-23(20)21(24)9-11-25-2/h4,6-7,12-14,20H,5,8-11H2,1-3H3/t20-/m0/s1. The molecule has 0 bridgehead atoms. The van der Waals surface area contributed by atoms with Crippen molar-refractivity contribution in [2.75, 3.05) is 27.4 Å². The predicted molar refractivity (Wildman–Crippen MR) is 101 cm³/mol. The lowest BCUT2D eigenvalue weighted by molar-refractivity contribution is -0.133. The number of likely N-dealkylation sites (tertiary alicyclic amines) is 1. The number of methoxy groups -OCH3 is 2. The number of pyridine rings is 1. The summed E-state index contributed by atoms with van der Waals surface area (Å²) in [7, 11) is 3.29. The van der Waals surface area contributed by atoms with Gasteiger partial charge in [-0.1, -0.05) is 12.1 Å². The zero-order chi connectivity index (χ0) is 18.5. The van der Waals surface area contributed by atoms with Crippen LogP contribution in [-0.2, 0) is 9.53 Å². The molecule has 26 heavy (non-hydrogen) atoms. The van der Waals surface area contributed by atoms with E-state index < -0.39 is 0 Å². The molecule has 0 N–H and O–H groups in total. The van der Waals surface area contributed by atoms with Gasteiger partial charge in [-0.3, -0.25) is 9.78 Å². The number of carbonyl (C=O) groups is 1. The third kappa shape index (κ3) is 4.05. The molecule has 5 heteroatoms. The SMILES string of the molecule is COCCC(=O)N1CCC[C@H]1c1cc(-c2cccc(OC)c2)cc(C)n1. The Morgan fingerprint density at radius 1 is 1.23 bits per heavy atom. The number of aromatic nitrogens is 1. The van der Waals surface area contributed by atoms with E-state index in [1.165, 1.54) is 0 Å². The van der Waals surface area contributed by atoms with E-state index in [2.05, 4.69) is 18.2 Å². The molecular weight excluding hydrogens is 328 g/mol. The fourth-order valence-corrected chi connectivity index (χ4v) is 3.54. The Hall–Kier alpha value is -2.40. The number of aryl methyl sites for hydroxylation is 1. The molecule has 1 saturated heterocycles. The van der Waals surface area contributed by atoms with Gasteiger partial charge in [0.25, 0.3) is 0 Å². The van der Waals surface area contributed by atoms with E-state index in [4.69, 9.17) is 14.5 Å².